The van der Waals surface area contributed by atoms with Gasteiger partial charge in [-0.05, 0) is 30.2 Å². The van der Waals surface area contributed by atoms with E-state index in [2.05, 4.69) is 6.92 Å². The molecule has 0 aliphatic carbocycles. The molecular formula is C17H27Cl2N. The van der Waals surface area contributed by atoms with Crippen LogP contribution in [-0.4, -0.2) is 0 Å². The number of unbranched alkanes of at least 4 members (excludes halogenated alkanes) is 7. The zero-order valence-electron chi connectivity index (χ0n) is 12.5. The minimum atomic E-state index is 0.0475. The predicted octanol–water partition coefficient (Wildman–Crippen LogP) is 6.52. The zero-order chi connectivity index (χ0) is 14.8. The highest BCUT2D eigenvalue weighted by Gasteiger charge is 2.07. The maximum atomic E-state index is 6.20. The summed E-state index contributed by atoms with van der Waals surface area (Å²) in [5.41, 5.74) is 7.24. The Balaban J connectivity index is 2.15. The quantitative estimate of drug-likeness (QED) is 0.488. The molecule has 0 aliphatic heterocycles. The average Bonchev–Trinajstić information content (AvgIpc) is 2.40. The molecule has 0 spiro atoms. The first-order valence-corrected chi connectivity index (χ1v) is 8.60. The Morgan fingerprint density at radius 2 is 1.35 bits per heavy atom. The minimum Gasteiger partial charge on any atom is -0.324 e. The maximum absolute atomic E-state index is 6.20. The van der Waals surface area contributed by atoms with Crippen LogP contribution in [0.4, 0.5) is 0 Å². The molecule has 1 rings (SSSR count). The van der Waals surface area contributed by atoms with E-state index in [0.717, 1.165) is 12.0 Å². The van der Waals surface area contributed by atoms with Crippen molar-refractivity contribution in [1.82, 2.24) is 0 Å². The molecule has 0 aromatic heterocycles. The monoisotopic (exact) mass is 315 g/mol. The third-order valence-electron chi connectivity index (χ3n) is 3.68. The average molecular weight is 316 g/mol. The van der Waals surface area contributed by atoms with E-state index in [1.54, 1.807) is 6.07 Å². The van der Waals surface area contributed by atoms with Gasteiger partial charge in [-0.3, -0.25) is 0 Å². The molecule has 1 aromatic carbocycles. The van der Waals surface area contributed by atoms with E-state index in [-0.39, 0.29) is 6.04 Å². The van der Waals surface area contributed by atoms with Crippen LogP contribution < -0.4 is 5.73 Å². The van der Waals surface area contributed by atoms with Gasteiger partial charge in [0.05, 0.1) is 0 Å². The summed E-state index contributed by atoms with van der Waals surface area (Å²) < 4.78 is 0. The van der Waals surface area contributed by atoms with Crippen LogP contribution in [0.1, 0.15) is 76.3 Å². The number of nitrogens with two attached hydrogens (primary N) is 1. The molecule has 0 radical (unpaired) electrons. The van der Waals surface area contributed by atoms with Crippen LogP contribution in [0.2, 0.25) is 10.0 Å². The predicted molar refractivity (Wildman–Crippen MR) is 90.6 cm³/mol. The van der Waals surface area contributed by atoms with E-state index in [1.165, 1.54) is 51.4 Å². The van der Waals surface area contributed by atoms with Gasteiger partial charge >= 0.3 is 0 Å². The number of halogens is 2. The fourth-order valence-corrected chi connectivity index (χ4v) is 3.00. The number of hydrogen-bond acceptors (Lipinski definition) is 1. The van der Waals surface area contributed by atoms with Gasteiger partial charge < -0.3 is 5.73 Å². The van der Waals surface area contributed by atoms with Gasteiger partial charge in [-0.25, -0.2) is 0 Å². The highest BCUT2D eigenvalue weighted by molar-refractivity contribution is 6.34. The zero-order valence-corrected chi connectivity index (χ0v) is 14.0. The van der Waals surface area contributed by atoms with Crippen LogP contribution in [0, 0.1) is 0 Å². The molecule has 0 saturated carbocycles. The number of benzene rings is 1. The summed E-state index contributed by atoms with van der Waals surface area (Å²) in [6.45, 7) is 2.25. The topological polar surface area (TPSA) is 26.0 Å². The standard InChI is InChI=1S/C17H27Cl2N/c1-2-3-4-5-6-7-8-9-10-17(20)14-11-15(18)13-16(19)12-14/h11-13,17H,2-10,20H2,1H3. The summed E-state index contributed by atoms with van der Waals surface area (Å²) in [7, 11) is 0. The molecule has 20 heavy (non-hydrogen) atoms. The van der Waals surface area contributed by atoms with Gasteiger partial charge in [-0.1, -0.05) is 81.5 Å². The minimum absolute atomic E-state index is 0.0475. The molecule has 0 amide bonds. The lowest BCUT2D eigenvalue weighted by molar-refractivity contribution is 0.536. The van der Waals surface area contributed by atoms with Crippen molar-refractivity contribution in [1.29, 1.82) is 0 Å². The SMILES string of the molecule is CCCCCCCCCCC(N)c1cc(Cl)cc(Cl)c1. The summed E-state index contributed by atoms with van der Waals surface area (Å²) in [4.78, 5) is 0. The lowest BCUT2D eigenvalue weighted by Crippen LogP contribution is -2.10. The van der Waals surface area contributed by atoms with E-state index < -0.39 is 0 Å². The normalized spacial score (nSPS) is 12.6. The van der Waals surface area contributed by atoms with Crippen molar-refractivity contribution in [2.75, 3.05) is 0 Å². The molecule has 1 unspecified atom stereocenters. The first-order valence-electron chi connectivity index (χ1n) is 7.85. The number of hydrogen-bond donors (Lipinski definition) is 1. The van der Waals surface area contributed by atoms with Crippen molar-refractivity contribution in [2.45, 2.75) is 70.8 Å². The van der Waals surface area contributed by atoms with E-state index in [1.807, 2.05) is 12.1 Å². The van der Waals surface area contributed by atoms with Crippen LogP contribution in [0.5, 0.6) is 0 Å². The fraction of sp³-hybridized carbons (Fsp3) is 0.647. The molecule has 2 N–H and O–H groups in total. The molecular weight excluding hydrogens is 289 g/mol. The van der Waals surface area contributed by atoms with Crippen LogP contribution in [0.15, 0.2) is 18.2 Å². The van der Waals surface area contributed by atoms with Crippen LogP contribution in [0.25, 0.3) is 0 Å². The third kappa shape index (κ3) is 7.52. The molecule has 0 saturated heterocycles. The molecule has 0 fully saturated rings. The molecule has 0 heterocycles. The first-order chi connectivity index (χ1) is 9.63. The maximum Gasteiger partial charge on any atom is 0.0424 e. The largest absolute Gasteiger partial charge is 0.324 e. The lowest BCUT2D eigenvalue weighted by Gasteiger charge is -2.12. The summed E-state index contributed by atoms with van der Waals surface area (Å²) >= 11 is 12.0. The van der Waals surface area contributed by atoms with Crippen molar-refractivity contribution >= 4 is 23.2 Å². The summed E-state index contributed by atoms with van der Waals surface area (Å²) in [5.74, 6) is 0. The molecule has 1 atom stereocenters. The van der Waals surface area contributed by atoms with Crippen molar-refractivity contribution in [3.63, 3.8) is 0 Å². The first kappa shape index (κ1) is 17.8. The molecule has 1 nitrogen and oxygen atoms in total. The highest BCUT2D eigenvalue weighted by Crippen LogP contribution is 2.25. The second kappa shape index (κ2) is 10.5. The second-order valence-electron chi connectivity index (χ2n) is 5.57. The van der Waals surface area contributed by atoms with Crippen LogP contribution in [0.3, 0.4) is 0 Å². The third-order valence-corrected chi connectivity index (χ3v) is 4.12. The van der Waals surface area contributed by atoms with E-state index in [0.29, 0.717) is 10.0 Å². The van der Waals surface area contributed by atoms with Gasteiger partial charge in [-0.15, -0.1) is 0 Å². The van der Waals surface area contributed by atoms with Crippen molar-refractivity contribution < 1.29 is 0 Å². The molecule has 114 valence electrons. The Morgan fingerprint density at radius 3 is 1.90 bits per heavy atom. The van der Waals surface area contributed by atoms with Gasteiger partial charge in [0.2, 0.25) is 0 Å². The van der Waals surface area contributed by atoms with Crippen molar-refractivity contribution in [3.05, 3.63) is 33.8 Å². The van der Waals surface area contributed by atoms with Crippen molar-refractivity contribution in [3.8, 4) is 0 Å². The number of rotatable bonds is 10. The Hall–Kier alpha value is -0.240. The molecule has 0 aliphatic rings. The van der Waals surface area contributed by atoms with Gasteiger partial charge in [-0.2, -0.15) is 0 Å². The Morgan fingerprint density at radius 1 is 0.850 bits per heavy atom. The molecule has 3 heteroatoms. The lowest BCUT2D eigenvalue weighted by atomic mass is 10.00. The fourth-order valence-electron chi connectivity index (χ4n) is 2.45. The Labute approximate surface area is 133 Å². The Bertz CT molecular complexity index is 359. The smallest absolute Gasteiger partial charge is 0.0424 e. The Kier molecular flexibility index (Phi) is 9.33. The van der Waals surface area contributed by atoms with Crippen LogP contribution >= 0.6 is 23.2 Å². The van der Waals surface area contributed by atoms with E-state index in [4.69, 9.17) is 28.9 Å². The summed E-state index contributed by atoms with van der Waals surface area (Å²) in [6.07, 6.45) is 11.6. The van der Waals surface area contributed by atoms with Gasteiger partial charge in [0.25, 0.3) is 0 Å². The summed E-state index contributed by atoms with van der Waals surface area (Å²) in [5, 5.41) is 1.33. The second-order valence-corrected chi connectivity index (χ2v) is 6.45. The molecule has 1 aromatic rings. The van der Waals surface area contributed by atoms with Gasteiger partial charge in [0.1, 0.15) is 0 Å². The van der Waals surface area contributed by atoms with Gasteiger partial charge in [0.15, 0.2) is 0 Å². The van der Waals surface area contributed by atoms with Crippen LogP contribution in [-0.2, 0) is 0 Å². The van der Waals surface area contributed by atoms with Gasteiger partial charge in [0, 0.05) is 16.1 Å². The van der Waals surface area contributed by atoms with Crippen molar-refractivity contribution in [2.24, 2.45) is 5.73 Å². The van der Waals surface area contributed by atoms with E-state index >= 15 is 0 Å². The van der Waals surface area contributed by atoms with E-state index in [9.17, 15) is 0 Å². The summed E-state index contributed by atoms with van der Waals surface area (Å²) in [6, 6.07) is 5.63. The molecule has 0 bridgehead atoms. The highest BCUT2D eigenvalue weighted by atomic mass is 35.5.